The molecule has 150 valence electrons. The molecule has 1 saturated heterocycles. The number of methoxy groups -OCH3 is 2. The van der Waals surface area contributed by atoms with Crippen molar-refractivity contribution < 1.29 is 18.9 Å². The Bertz CT molecular complexity index is 801. The third kappa shape index (κ3) is 4.42. The Hall–Kier alpha value is -2.24. The van der Waals surface area contributed by atoms with Gasteiger partial charge in [0, 0.05) is 32.7 Å². The largest absolute Gasteiger partial charge is 0.493 e. The standard InChI is InChI=1S/C23H29NO4/c1-25-22-8-6-18(13-23(22)26-2)15-24(16-20-4-3-10-27-20)14-17-5-7-21-19(12-17)9-11-28-21/h5-8,12-13,20H,3-4,9-11,14-16H2,1-2H3. The van der Waals surface area contributed by atoms with Crippen LogP contribution in [0.15, 0.2) is 36.4 Å². The van der Waals surface area contributed by atoms with Crippen molar-refractivity contribution in [1.29, 1.82) is 0 Å². The van der Waals surface area contributed by atoms with Crippen LogP contribution in [0.2, 0.25) is 0 Å². The monoisotopic (exact) mass is 383 g/mol. The van der Waals surface area contributed by atoms with Gasteiger partial charge in [-0.15, -0.1) is 0 Å². The molecular weight excluding hydrogens is 354 g/mol. The summed E-state index contributed by atoms with van der Waals surface area (Å²) >= 11 is 0. The second kappa shape index (κ2) is 8.84. The summed E-state index contributed by atoms with van der Waals surface area (Å²) in [6.07, 6.45) is 3.62. The number of nitrogens with zero attached hydrogens (tertiary/aromatic N) is 1. The summed E-state index contributed by atoms with van der Waals surface area (Å²) < 4.78 is 22.4. The summed E-state index contributed by atoms with van der Waals surface area (Å²) in [6.45, 7) is 4.34. The molecule has 0 saturated carbocycles. The number of benzene rings is 2. The number of rotatable bonds is 8. The molecule has 2 aromatic rings. The molecule has 1 atom stereocenters. The van der Waals surface area contributed by atoms with E-state index in [1.165, 1.54) is 16.7 Å². The lowest BCUT2D eigenvalue weighted by molar-refractivity contribution is 0.0679. The van der Waals surface area contributed by atoms with Crippen molar-refractivity contribution in [3.63, 3.8) is 0 Å². The Balaban J connectivity index is 1.51. The van der Waals surface area contributed by atoms with Gasteiger partial charge in [-0.2, -0.15) is 0 Å². The fraction of sp³-hybridized carbons (Fsp3) is 0.478. The second-order valence-corrected chi connectivity index (χ2v) is 7.53. The first kappa shape index (κ1) is 19.1. The van der Waals surface area contributed by atoms with Crippen molar-refractivity contribution in [3.8, 4) is 17.2 Å². The van der Waals surface area contributed by atoms with E-state index in [0.29, 0.717) is 6.10 Å². The van der Waals surface area contributed by atoms with E-state index in [1.54, 1.807) is 14.2 Å². The predicted octanol–water partition coefficient (Wildman–Crippen LogP) is 3.82. The molecule has 1 fully saturated rings. The maximum absolute atomic E-state index is 5.91. The van der Waals surface area contributed by atoms with E-state index in [4.69, 9.17) is 18.9 Å². The molecule has 0 spiro atoms. The van der Waals surface area contributed by atoms with Gasteiger partial charge in [0.2, 0.25) is 0 Å². The Morgan fingerprint density at radius 1 is 0.964 bits per heavy atom. The van der Waals surface area contributed by atoms with Crippen LogP contribution in [0.4, 0.5) is 0 Å². The molecule has 5 nitrogen and oxygen atoms in total. The van der Waals surface area contributed by atoms with Crippen LogP contribution in [0.1, 0.15) is 29.5 Å². The molecule has 2 aliphatic rings. The minimum absolute atomic E-state index is 0.318. The van der Waals surface area contributed by atoms with Gasteiger partial charge in [-0.3, -0.25) is 4.90 Å². The van der Waals surface area contributed by atoms with Crippen molar-refractivity contribution in [1.82, 2.24) is 4.90 Å². The van der Waals surface area contributed by atoms with Crippen LogP contribution >= 0.6 is 0 Å². The Morgan fingerprint density at radius 3 is 2.50 bits per heavy atom. The zero-order chi connectivity index (χ0) is 19.3. The second-order valence-electron chi connectivity index (χ2n) is 7.53. The van der Waals surface area contributed by atoms with Gasteiger partial charge in [-0.05, 0) is 47.7 Å². The van der Waals surface area contributed by atoms with Gasteiger partial charge in [0.1, 0.15) is 5.75 Å². The van der Waals surface area contributed by atoms with Crippen molar-refractivity contribution in [2.75, 3.05) is 34.0 Å². The minimum Gasteiger partial charge on any atom is -0.493 e. The molecule has 2 heterocycles. The average molecular weight is 383 g/mol. The number of fused-ring (bicyclic) bond motifs is 1. The minimum atomic E-state index is 0.318. The summed E-state index contributed by atoms with van der Waals surface area (Å²) in [5, 5.41) is 0. The summed E-state index contributed by atoms with van der Waals surface area (Å²) in [6, 6.07) is 12.7. The van der Waals surface area contributed by atoms with E-state index >= 15 is 0 Å². The maximum atomic E-state index is 5.91. The van der Waals surface area contributed by atoms with Gasteiger partial charge < -0.3 is 18.9 Å². The zero-order valence-corrected chi connectivity index (χ0v) is 16.8. The Kier molecular flexibility index (Phi) is 6.03. The molecule has 0 radical (unpaired) electrons. The lowest BCUT2D eigenvalue weighted by atomic mass is 10.1. The lowest BCUT2D eigenvalue weighted by Crippen LogP contribution is -2.31. The smallest absolute Gasteiger partial charge is 0.161 e. The van der Waals surface area contributed by atoms with Crippen LogP contribution in [-0.2, 0) is 24.2 Å². The summed E-state index contributed by atoms with van der Waals surface area (Å²) in [7, 11) is 3.34. The maximum Gasteiger partial charge on any atom is 0.161 e. The third-order valence-electron chi connectivity index (χ3n) is 5.50. The van der Waals surface area contributed by atoms with Gasteiger partial charge in [0.05, 0.1) is 26.9 Å². The molecule has 28 heavy (non-hydrogen) atoms. The lowest BCUT2D eigenvalue weighted by Gasteiger charge is -2.26. The SMILES string of the molecule is COc1ccc(CN(Cc2ccc3c(c2)CCO3)CC2CCCO2)cc1OC. The van der Waals surface area contributed by atoms with Gasteiger partial charge in [0.25, 0.3) is 0 Å². The number of hydrogen-bond donors (Lipinski definition) is 0. The van der Waals surface area contributed by atoms with Crippen molar-refractivity contribution >= 4 is 0 Å². The third-order valence-corrected chi connectivity index (χ3v) is 5.50. The molecule has 0 N–H and O–H groups in total. The zero-order valence-electron chi connectivity index (χ0n) is 16.8. The highest BCUT2D eigenvalue weighted by Gasteiger charge is 2.21. The van der Waals surface area contributed by atoms with Gasteiger partial charge in [0.15, 0.2) is 11.5 Å². The summed E-state index contributed by atoms with van der Waals surface area (Å²) in [5.74, 6) is 2.57. The van der Waals surface area contributed by atoms with E-state index in [0.717, 1.165) is 69.4 Å². The average Bonchev–Trinajstić information content (AvgIpc) is 3.39. The molecule has 0 bridgehead atoms. The molecule has 4 rings (SSSR count). The fourth-order valence-corrected chi connectivity index (χ4v) is 4.09. The van der Waals surface area contributed by atoms with Gasteiger partial charge in [-0.1, -0.05) is 18.2 Å². The molecule has 1 unspecified atom stereocenters. The molecule has 5 heteroatoms. The fourth-order valence-electron chi connectivity index (χ4n) is 4.09. The molecule has 2 aliphatic heterocycles. The molecular formula is C23H29NO4. The molecule has 2 aromatic carbocycles. The van der Waals surface area contributed by atoms with Crippen LogP contribution in [0.5, 0.6) is 17.2 Å². The first-order valence-corrected chi connectivity index (χ1v) is 10.0. The highest BCUT2D eigenvalue weighted by molar-refractivity contribution is 5.43. The van der Waals surface area contributed by atoms with Crippen molar-refractivity contribution in [2.45, 2.75) is 38.5 Å². The Morgan fingerprint density at radius 2 is 1.75 bits per heavy atom. The Labute approximate surface area is 167 Å². The van der Waals surface area contributed by atoms with E-state index in [2.05, 4.69) is 35.2 Å². The van der Waals surface area contributed by atoms with E-state index in [9.17, 15) is 0 Å². The first-order valence-electron chi connectivity index (χ1n) is 10.0. The summed E-state index contributed by atoms with van der Waals surface area (Å²) in [4.78, 5) is 2.47. The highest BCUT2D eigenvalue weighted by atomic mass is 16.5. The topological polar surface area (TPSA) is 40.2 Å². The normalized spacial score (nSPS) is 18.2. The molecule has 0 aromatic heterocycles. The van der Waals surface area contributed by atoms with Gasteiger partial charge >= 0.3 is 0 Å². The van der Waals surface area contributed by atoms with Crippen LogP contribution < -0.4 is 14.2 Å². The predicted molar refractivity (Wildman–Crippen MR) is 108 cm³/mol. The van der Waals surface area contributed by atoms with Crippen LogP contribution in [-0.4, -0.2) is 45.0 Å². The van der Waals surface area contributed by atoms with Crippen LogP contribution in [0.25, 0.3) is 0 Å². The van der Waals surface area contributed by atoms with E-state index in [-0.39, 0.29) is 0 Å². The quantitative estimate of drug-likeness (QED) is 0.693. The molecule has 0 amide bonds. The van der Waals surface area contributed by atoms with Crippen molar-refractivity contribution in [2.24, 2.45) is 0 Å². The van der Waals surface area contributed by atoms with Gasteiger partial charge in [-0.25, -0.2) is 0 Å². The summed E-state index contributed by atoms with van der Waals surface area (Å²) in [5.41, 5.74) is 3.85. The number of hydrogen-bond acceptors (Lipinski definition) is 5. The van der Waals surface area contributed by atoms with Crippen molar-refractivity contribution in [3.05, 3.63) is 53.1 Å². The highest BCUT2D eigenvalue weighted by Crippen LogP contribution is 2.30. The van der Waals surface area contributed by atoms with E-state index < -0.39 is 0 Å². The number of ether oxygens (including phenoxy) is 4. The van der Waals surface area contributed by atoms with Crippen LogP contribution in [0, 0.1) is 0 Å². The van der Waals surface area contributed by atoms with E-state index in [1.807, 2.05) is 6.07 Å². The van der Waals surface area contributed by atoms with Crippen LogP contribution in [0.3, 0.4) is 0 Å². The molecule has 0 aliphatic carbocycles. The first-order chi connectivity index (χ1) is 13.7.